The molecule has 1 aromatic carbocycles. The summed E-state index contributed by atoms with van der Waals surface area (Å²) in [5.41, 5.74) is 0.160. The van der Waals surface area contributed by atoms with Crippen molar-refractivity contribution in [1.29, 1.82) is 0 Å². The largest absolute Gasteiger partial charge is 0.508 e. The van der Waals surface area contributed by atoms with Gasteiger partial charge in [-0.05, 0) is 18.2 Å². The van der Waals surface area contributed by atoms with E-state index in [1.807, 2.05) is 0 Å². The van der Waals surface area contributed by atoms with Gasteiger partial charge in [0.1, 0.15) is 16.7 Å². The van der Waals surface area contributed by atoms with Crippen LogP contribution in [0.5, 0.6) is 5.75 Å². The lowest BCUT2D eigenvalue weighted by molar-refractivity contribution is -0.619. The zero-order valence-electron chi connectivity index (χ0n) is 9.52. The maximum absolute atomic E-state index is 11.7. The number of rotatable bonds is 0. The number of phenolic OH excluding ortho intramolecular Hbond substituents is 1. The average Bonchev–Trinajstić information content (AvgIpc) is 2.32. The molecule has 90 valence electrons. The van der Waals surface area contributed by atoms with E-state index in [9.17, 15) is 14.7 Å². The molecule has 0 aliphatic heterocycles. The van der Waals surface area contributed by atoms with E-state index in [0.717, 1.165) is 10.9 Å². The third-order valence-electron chi connectivity index (χ3n) is 2.97. The summed E-state index contributed by atoms with van der Waals surface area (Å²) < 4.78 is 1.67. The number of fused-ring (bicyclic) bond motifs is 2. The highest BCUT2D eigenvalue weighted by Crippen LogP contribution is 2.18. The van der Waals surface area contributed by atoms with Crippen LogP contribution in [0.25, 0.3) is 21.9 Å². The first-order chi connectivity index (χ1) is 8.56. The van der Waals surface area contributed by atoms with Crippen molar-refractivity contribution >= 4 is 21.9 Å². The zero-order chi connectivity index (χ0) is 12.9. The molecule has 3 aromatic rings. The first-order valence-corrected chi connectivity index (χ1v) is 5.34. The van der Waals surface area contributed by atoms with Gasteiger partial charge in [0.05, 0.1) is 7.05 Å². The number of hydrogen-bond acceptors (Lipinski definition) is 3. The second-order valence-electron chi connectivity index (χ2n) is 4.12. The number of aromatic nitrogens is 3. The fraction of sp³-hybridized carbons (Fsp3) is 0.0833. The van der Waals surface area contributed by atoms with Crippen LogP contribution in [0.3, 0.4) is 0 Å². The van der Waals surface area contributed by atoms with E-state index < -0.39 is 11.2 Å². The van der Waals surface area contributed by atoms with Crippen LogP contribution < -0.4 is 15.8 Å². The lowest BCUT2D eigenvalue weighted by Crippen LogP contribution is -2.36. The quantitative estimate of drug-likeness (QED) is 0.381. The number of H-pyrrole nitrogens is 2. The van der Waals surface area contributed by atoms with Crippen LogP contribution >= 0.6 is 0 Å². The Morgan fingerprint density at radius 1 is 1.17 bits per heavy atom. The van der Waals surface area contributed by atoms with Crippen LogP contribution in [0.2, 0.25) is 0 Å². The van der Waals surface area contributed by atoms with Crippen LogP contribution in [0.4, 0.5) is 0 Å². The summed E-state index contributed by atoms with van der Waals surface area (Å²) in [7, 11) is 1.72. The standard InChI is InChI=1S/C12H9N3O3/c1-15-9-5-7(16)3-2-6(9)4-8-10(15)13-12(18)14-11(8)17/h2-5H,1H3,(H2,13,14,16,17,18)/p+1. The molecule has 2 heterocycles. The number of nitrogens with zero attached hydrogens (tertiary/aromatic N) is 1. The van der Waals surface area contributed by atoms with Crippen molar-refractivity contribution in [3.63, 3.8) is 0 Å². The van der Waals surface area contributed by atoms with Gasteiger partial charge in [0.15, 0.2) is 0 Å². The summed E-state index contributed by atoms with van der Waals surface area (Å²) in [5.74, 6) is 0.129. The van der Waals surface area contributed by atoms with E-state index in [-0.39, 0.29) is 5.75 Å². The molecule has 0 fully saturated rings. The minimum absolute atomic E-state index is 0.129. The predicted octanol–water partition coefficient (Wildman–Crippen LogP) is -0.100. The minimum atomic E-state index is -0.553. The summed E-state index contributed by atoms with van der Waals surface area (Å²) >= 11 is 0. The molecule has 0 saturated carbocycles. The Morgan fingerprint density at radius 2 is 1.94 bits per heavy atom. The molecule has 18 heavy (non-hydrogen) atoms. The first kappa shape index (κ1) is 10.5. The Labute approximate surface area is 100 Å². The van der Waals surface area contributed by atoms with Gasteiger partial charge >= 0.3 is 5.69 Å². The van der Waals surface area contributed by atoms with Gasteiger partial charge in [0.25, 0.3) is 11.2 Å². The van der Waals surface area contributed by atoms with Gasteiger partial charge in [0.2, 0.25) is 0 Å². The highest BCUT2D eigenvalue weighted by molar-refractivity contribution is 5.87. The molecule has 0 aliphatic carbocycles. The summed E-state index contributed by atoms with van der Waals surface area (Å²) in [5, 5.41) is 10.7. The molecule has 0 atom stereocenters. The van der Waals surface area contributed by atoms with Crippen molar-refractivity contribution in [1.82, 2.24) is 9.97 Å². The molecule has 0 amide bonds. The normalized spacial score (nSPS) is 11.2. The third-order valence-corrected chi connectivity index (χ3v) is 2.97. The highest BCUT2D eigenvalue weighted by Gasteiger charge is 2.14. The summed E-state index contributed by atoms with van der Waals surface area (Å²) in [6.45, 7) is 0. The van der Waals surface area contributed by atoms with Crippen molar-refractivity contribution in [3.8, 4) is 5.75 Å². The maximum Gasteiger partial charge on any atom is 0.413 e. The summed E-state index contributed by atoms with van der Waals surface area (Å²) in [4.78, 5) is 27.8. The molecule has 6 heteroatoms. The Bertz CT molecular complexity index is 893. The number of aromatic hydroxyl groups is 1. The van der Waals surface area contributed by atoms with Crippen LogP contribution in [-0.4, -0.2) is 15.1 Å². The van der Waals surface area contributed by atoms with Crippen molar-refractivity contribution in [2.45, 2.75) is 0 Å². The zero-order valence-corrected chi connectivity index (χ0v) is 9.52. The molecular weight excluding hydrogens is 234 g/mol. The van der Waals surface area contributed by atoms with E-state index in [0.29, 0.717) is 11.0 Å². The molecular formula is C12H10N3O3+. The molecule has 0 bridgehead atoms. The molecule has 0 spiro atoms. The lowest BCUT2D eigenvalue weighted by Gasteiger charge is -2.03. The number of pyridine rings is 1. The number of nitrogens with one attached hydrogen (secondary N) is 2. The number of benzene rings is 1. The number of phenols is 1. The number of aryl methyl sites for hydroxylation is 1. The van der Waals surface area contributed by atoms with Gasteiger partial charge in [-0.3, -0.25) is 9.78 Å². The number of hydrogen-bond donors (Lipinski definition) is 3. The van der Waals surface area contributed by atoms with Crippen LogP contribution in [0.1, 0.15) is 0 Å². The number of aromatic amines is 2. The van der Waals surface area contributed by atoms with Crippen LogP contribution in [-0.2, 0) is 7.05 Å². The highest BCUT2D eigenvalue weighted by atomic mass is 16.3. The third kappa shape index (κ3) is 1.39. The molecule has 6 nitrogen and oxygen atoms in total. The molecule has 2 aromatic heterocycles. The first-order valence-electron chi connectivity index (χ1n) is 5.34. The van der Waals surface area contributed by atoms with E-state index >= 15 is 0 Å². The van der Waals surface area contributed by atoms with Gasteiger partial charge in [-0.15, -0.1) is 0 Å². The lowest BCUT2D eigenvalue weighted by atomic mass is 10.1. The average molecular weight is 244 g/mol. The second-order valence-corrected chi connectivity index (χ2v) is 4.12. The fourth-order valence-electron chi connectivity index (χ4n) is 2.10. The SMILES string of the molecule is C[n+]1c2cc(O)ccc2cc2c(=O)[nH]c(=O)[nH]c21. The van der Waals surface area contributed by atoms with Gasteiger partial charge in [-0.25, -0.2) is 9.36 Å². The van der Waals surface area contributed by atoms with E-state index in [2.05, 4.69) is 9.97 Å². The molecule has 0 saturated heterocycles. The van der Waals surface area contributed by atoms with Crippen LogP contribution in [0, 0.1) is 0 Å². The molecule has 0 aliphatic rings. The monoisotopic (exact) mass is 244 g/mol. The molecule has 3 rings (SSSR count). The van der Waals surface area contributed by atoms with Gasteiger partial charge < -0.3 is 5.11 Å². The second kappa shape index (κ2) is 3.43. The smallest absolute Gasteiger partial charge is 0.413 e. The van der Waals surface area contributed by atoms with E-state index in [1.165, 1.54) is 0 Å². The Hall–Kier alpha value is -2.63. The Kier molecular flexibility index (Phi) is 2.00. The minimum Gasteiger partial charge on any atom is -0.508 e. The van der Waals surface area contributed by atoms with Crippen molar-refractivity contribution in [2.75, 3.05) is 0 Å². The summed E-state index contributed by atoms with van der Waals surface area (Å²) in [6, 6.07) is 6.52. The Morgan fingerprint density at radius 3 is 2.72 bits per heavy atom. The fourth-order valence-corrected chi connectivity index (χ4v) is 2.10. The molecule has 0 unspecified atom stereocenters. The van der Waals surface area contributed by atoms with E-state index in [1.54, 1.807) is 35.9 Å². The van der Waals surface area contributed by atoms with Crippen molar-refractivity contribution < 1.29 is 9.67 Å². The predicted molar refractivity (Wildman–Crippen MR) is 65.5 cm³/mol. The molecule has 3 N–H and O–H groups in total. The summed E-state index contributed by atoms with van der Waals surface area (Å²) in [6.07, 6.45) is 0. The molecule has 0 radical (unpaired) electrons. The van der Waals surface area contributed by atoms with Gasteiger partial charge in [-0.1, -0.05) is 0 Å². The van der Waals surface area contributed by atoms with Gasteiger partial charge in [0, 0.05) is 11.5 Å². The van der Waals surface area contributed by atoms with Gasteiger partial charge in [-0.2, -0.15) is 4.98 Å². The Balaban J connectivity index is 2.65. The van der Waals surface area contributed by atoms with Crippen LogP contribution in [0.15, 0.2) is 33.9 Å². The van der Waals surface area contributed by atoms with Crippen molar-refractivity contribution in [2.24, 2.45) is 7.05 Å². The van der Waals surface area contributed by atoms with Crippen molar-refractivity contribution in [3.05, 3.63) is 45.1 Å². The van der Waals surface area contributed by atoms with E-state index in [4.69, 9.17) is 0 Å². The topological polar surface area (TPSA) is 89.8 Å². The maximum atomic E-state index is 11.7.